The maximum absolute atomic E-state index is 5.76. The Morgan fingerprint density at radius 1 is 1.15 bits per heavy atom. The van der Waals surface area contributed by atoms with Crippen LogP contribution in [0.25, 0.3) is 0 Å². The first-order valence-corrected chi connectivity index (χ1v) is 8.86. The van der Waals surface area contributed by atoms with Gasteiger partial charge >= 0.3 is 0 Å². The number of aliphatic imine (C=N–C) groups is 1. The molecule has 0 aliphatic carbocycles. The van der Waals surface area contributed by atoms with Crippen molar-refractivity contribution in [2.24, 2.45) is 12.0 Å². The molecule has 26 heavy (non-hydrogen) atoms. The Hall–Kier alpha value is -2.54. The summed E-state index contributed by atoms with van der Waals surface area (Å²) in [6.45, 7) is 3.15. The van der Waals surface area contributed by atoms with E-state index in [1.165, 1.54) is 5.56 Å². The third-order valence-corrected chi connectivity index (χ3v) is 3.98. The molecule has 2 N–H and O–H groups in total. The van der Waals surface area contributed by atoms with Crippen LogP contribution in [-0.2, 0) is 20.1 Å². The first-order chi connectivity index (χ1) is 12.6. The van der Waals surface area contributed by atoms with E-state index in [4.69, 9.17) is 4.74 Å². The second-order valence-corrected chi connectivity index (χ2v) is 6.37. The van der Waals surface area contributed by atoms with Gasteiger partial charge in [0.05, 0.1) is 18.8 Å². The van der Waals surface area contributed by atoms with E-state index in [-0.39, 0.29) is 0 Å². The predicted molar refractivity (Wildman–Crippen MR) is 105 cm³/mol. The van der Waals surface area contributed by atoms with Gasteiger partial charge in [-0.2, -0.15) is 5.10 Å². The van der Waals surface area contributed by atoms with Gasteiger partial charge in [-0.15, -0.1) is 0 Å². The molecular formula is C19H30N6O. The summed E-state index contributed by atoms with van der Waals surface area (Å²) in [5, 5.41) is 10.8. The summed E-state index contributed by atoms with van der Waals surface area (Å²) in [5.41, 5.74) is 2.28. The zero-order valence-electron chi connectivity index (χ0n) is 16.2. The number of rotatable bonds is 9. The van der Waals surface area contributed by atoms with E-state index in [9.17, 15) is 0 Å². The number of aromatic nitrogens is 2. The standard InChI is InChI=1S/C19H30N6O/c1-20-19(22-15-17-10-11-23-25(17)4)21-14-16-6-8-18(9-7-16)26-13-5-12-24(2)3/h6-11H,5,12-15H2,1-4H3,(H2,20,21,22). The molecule has 2 rings (SSSR count). The Bertz CT molecular complexity index is 678. The molecule has 0 aliphatic heterocycles. The van der Waals surface area contributed by atoms with Crippen LogP contribution in [0.3, 0.4) is 0 Å². The van der Waals surface area contributed by atoms with Crippen LogP contribution in [0.2, 0.25) is 0 Å². The molecule has 1 heterocycles. The molecule has 0 radical (unpaired) electrons. The summed E-state index contributed by atoms with van der Waals surface area (Å²) >= 11 is 0. The highest BCUT2D eigenvalue weighted by molar-refractivity contribution is 5.79. The highest BCUT2D eigenvalue weighted by Crippen LogP contribution is 2.12. The van der Waals surface area contributed by atoms with Crippen LogP contribution in [0.5, 0.6) is 5.75 Å². The molecule has 1 aromatic heterocycles. The quantitative estimate of drug-likeness (QED) is 0.405. The molecule has 0 amide bonds. The second kappa shape index (κ2) is 10.5. The zero-order chi connectivity index (χ0) is 18.8. The van der Waals surface area contributed by atoms with Crippen molar-refractivity contribution in [1.82, 2.24) is 25.3 Å². The number of ether oxygens (including phenoxy) is 1. The molecule has 0 saturated heterocycles. The summed E-state index contributed by atoms with van der Waals surface area (Å²) in [6, 6.07) is 10.2. The lowest BCUT2D eigenvalue weighted by Crippen LogP contribution is -2.36. The highest BCUT2D eigenvalue weighted by Gasteiger charge is 2.02. The molecule has 0 atom stereocenters. The summed E-state index contributed by atoms with van der Waals surface area (Å²) in [7, 11) is 7.84. The largest absolute Gasteiger partial charge is 0.494 e. The van der Waals surface area contributed by atoms with Crippen LogP contribution < -0.4 is 15.4 Å². The number of guanidine groups is 1. The highest BCUT2D eigenvalue weighted by atomic mass is 16.5. The number of nitrogens with zero attached hydrogens (tertiary/aromatic N) is 4. The molecule has 0 spiro atoms. The Morgan fingerprint density at radius 3 is 2.50 bits per heavy atom. The maximum Gasteiger partial charge on any atom is 0.191 e. The second-order valence-electron chi connectivity index (χ2n) is 6.37. The lowest BCUT2D eigenvalue weighted by Gasteiger charge is -2.13. The molecule has 0 bridgehead atoms. The summed E-state index contributed by atoms with van der Waals surface area (Å²) in [5.74, 6) is 1.67. The van der Waals surface area contributed by atoms with E-state index >= 15 is 0 Å². The summed E-state index contributed by atoms with van der Waals surface area (Å²) in [6.07, 6.45) is 2.81. The Kier molecular flexibility index (Phi) is 7.95. The molecule has 0 unspecified atom stereocenters. The lowest BCUT2D eigenvalue weighted by atomic mass is 10.2. The van der Waals surface area contributed by atoms with Gasteiger partial charge in [0.1, 0.15) is 5.75 Å². The molecule has 2 aromatic rings. The number of hydrogen-bond acceptors (Lipinski definition) is 4. The third kappa shape index (κ3) is 6.76. The van der Waals surface area contributed by atoms with Crippen molar-refractivity contribution in [3.05, 3.63) is 47.8 Å². The number of benzene rings is 1. The Labute approximate surface area is 156 Å². The van der Waals surface area contributed by atoms with Crippen molar-refractivity contribution in [3.63, 3.8) is 0 Å². The van der Waals surface area contributed by atoms with Gasteiger partial charge in [0.15, 0.2) is 5.96 Å². The monoisotopic (exact) mass is 358 g/mol. The summed E-state index contributed by atoms with van der Waals surface area (Å²) < 4.78 is 7.60. The molecule has 0 aliphatic rings. The van der Waals surface area contributed by atoms with Crippen molar-refractivity contribution < 1.29 is 4.74 Å². The molecule has 1 aromatic carbocycles. The molecule has 0 saturated carbocycles. The van der Waals surface area contributed by atoms with E-state index in [0.29, 0.717) is 13.1 Å². The van der Waals surface area contributed by atoms with Crippen molar-refractivity contribution in [3.8, 4) is 5.75 Å². The van der Waals surface area contributed by atoms with Gasteiger partial charge in [-0.05, 0) is 44.3 Å². The zero-order valence-corrected chi connectivity index (χ0v) is 16.2. The van der Waals surface area contributed by atoms with E-state index in [1.54, 1.807) is 13.2 Å². The summed E-state index contributed by atoms with van der Waals surface area (Å²) in [4.78, 5) is 6.41. The number of hydrogen-bond donors (Lipinski definition) is 2. The van der Waals surface area contributed by atoms with Gasteiger partial charge < -0.3 is 20.3 Å². The minimum Gasteiger partial charge on any atom is -0.494 e. The normalized spacial score (nSPS) is 11.7. The Balaban J connectivity index is 1.73. The Morgan fingerprint density at radius 2 is 1.88 bits per heavy atom. The van der Waals surface area contributed by atoms with Crippen molar-refractivity contribution >= 4 is 5.96 Å². The fourth-order valence-electron chi connectivity index (χ4n) is 2.43. The number of nitrogens with one attached hydrogen (secondary N) is 2. The molecule has 7 nitrogen and oxygen atoms in total. The fourth-order valence-corrected chi connectivity index (χ4v) is 2.43. The molecular weight excluding hydrogens is 328 g/mol. The minimum absolute atomic E-state index is 0.676. The predicted octanol–water partition coefficient (Wildman–Crippen LogP) is 1.62. The number of aryl methyl sites for hydroxylation is 1. The van der Waals surface area contributed by atoms with Crippen molar-refractivity contribution in [1.29, 1.82) is 0 Å². The van der Waals surface area contributed by atoms with Crippen molar-refractivity contribution in [2.45, 2.75) is 19.5 Å². The third-order valence-electron chi connectivity index (χ3n) is 3.98. The average Bonchev–Trinajstić information content (AvgIpc) is 3.05. The molecule has 142 valence electrons. The topological polar surface area (TPSA) is 66.7 Å². The fraction of sp³-hybridized carbons (Fsp3) is 0.474. The van der Waals surface area contributed by atoms with E-state index in [2.05, 4.69) is 51.9 Å². The smallest absolute Gasteiger partial charge is 0.191 e. The first-order valence-electron chi connectivity index (χ1n) is 8.86. The van der Waals surface area contributed by atoms with Gasteiger partial charge in [0.25, 0.3) is 0 Å². The van der Waals surface area contributed by atoms with Crippen LogP contribution in [-0.4, -0.2) is 54.9 Å². The van der Waals surface area contributed by atoms with Crippen LogP contribution in [0.4, 0.5) is 0 Å². The van der Waals surface area contributed by atoms with Gasteiger partial charge in [0, 0.05) is 33.4 Å². The maximum atomic E-state index is 5.76. The van der Waals surface area contributed by atoms with Crippen LogP contribution in [0.15, 0.2) is 41.5 Å². The minimum atomic E-state index is 0.676. The average molecular weight is 358 g/mol. The van der Waals surface area contributed by atoms with Crippen LogP contribution >= 0.6 is 0 Å². The van der Waals surface area contributed by atoms with Crippen LogP contribution in [0, 0.1) is 0 Å². The van der Waals surface area contributed by atoms with E-state index in [0.717, 1.165) is 37.0 Å². The van der Waals surface area contributed by atoms with Gasteiger partial charge in [-0.3, -0.25) is 9.67 Å². The van der Waals surface area contributed by atoms with Crippen LogP contribution in [0.1, 0.15) is 17.7 Å². The van der Waals surface area contributed by atoms with Gasteiger partial charge in [0.2, 0.25) is 0 Å². The van der Waals surface area contributed by atoms with Gasteiger partial charge in [-0.1, -0.05) is 12.1 Å². The van der Waals surface area contributed by atoms with Crippen molar-refractivity contribution in [2.75, 3.05) is 34.3 Å². The lowest BCUT2D eigenvalue weighted by molar-refractivity contribution is 0.281. The SMILES string of the molecule is CN=C(NCc1ccc(OCCCN(C)C)cc1)NCc1ccnn1C. The molecule has 0 fully saturated rings. The first kappa shape index (κ1) is 19.8. The van der Waals surface area contributed by atoms with Gasteiger partial charge in [-0.25, -0.2) is 0 Å². The molecule has 7 heteroatoms. The van der Waals surface area contributed by atoms with E-state index < -0.39 is 0 Å². The van der Waals surface area contributed by atoms with E-state index in [1.807, 2.05) is 29.9 Å².